The topological polar surface area (TPSA) is 35.5 Å². The smallest absolute Gasteiger partial charge is 0.304 e. The summed E-state index contributed by atoms with van der Waals surface area (Å²) in [5.74, 6) is 0.214. The molecule has 1 aromatic rings. The van der Waals surface area contributed by atoms with Crippen LogP contribution in [0.2, 0.25) is 0 Å². The molecule has 0 amide bonds. The number of halogens is 2. The highest BCUT2D eigenvalue weighted by atomic mass is 31.2. The van der Waals surface area contributed by atoms with Crippen molar-refractivity contribution < 1.29 is 22.4 Å². The monoisotopic (exact) mass is 334 g/mol. The maximum atomic E-state index is 14.7. The minimum absolute atomic E-state index is 0.0205. The van der Waals surface area contributed by atoms with E-state index in [4.69, 9.17) is 9.05 Å². The first-order valence-electron chi connectivity index (χ1n) is 7.51. The zero-order valence-electron chi connectivity index (χ0n) is 13.8. The van der Waals surface area contributed by atoms with Gasteiger partial charge in [0.25, 0.3) is 0 Å². The van der Waals surface area contributed by atoms with Crippen molar-refractivity contribution in [3.63, 3.8) is 0 Å². The van der Waals surface area contributed by atoms with E-state index in [1.165, 1.54) is 19.1 Å². The predicted molar refractivity (Wildman–Crippen MR) is 84.4 cm³/mol. The molecule has 0 spiro atoms. The molecule has 0 saturated heterocycles. The molecule has 0 heterocycles. The molecule has 0 aliphatic carbocycles. The SMILES string of the molecule is CCOP(=O)(OCC(C)C)C(F)(F)c1ccc(C(C)C)cc1. The molecule has 3 nitrogen and oxygen atoms in total. The average Bonchev–Trinajstić information content (AvgIpc) is 2.45. The van der Waals surface area contributed by atoms with E-state index in [9.17, 15) is 13.3 Å². The van der Waals surface area contributed by atoms with Gasteiger partial charge in [0, 0.05) is 5.56 Å². The second kappa shape index (κ2) is 7.67. The van der Waals surface area contributed by atoms with Crippen LogP contribution >= 0.6 is 7.60 Å². The van der Waals surface area contributed by atoms with Gasteiger partial charge in [-0.05, 0) is 24.3 Å². The summed E-state index contributed by atoms with van der Waals surface area (Å²) in [6, 6.07) is 5.82. The van der Waals surface area contributed by atoms with Gasteiger partial charge in [0.15, 0.2) is 0 Å². The largest absolute Gasteiger partial charge is 0.404 e. The Morgan fingerprint density at radius 1 is 1.09 bits per heavy atom. The summed E-state index contributed by atoms with van der Waals surface area (Å²) >= 11 is 0. The van der Waals surface area contributed by atoms with Crippen LogP contribution < -0.4 is 0 Å². The third-order valence-corrected chi connectivity index (χ3v) is 5.18. The lowest BCUT2D eigenvalue weighted by atomic mass is 10.0. The van der Waals surface area contributed by atoms with Crippen LogP contribution in [-0.4, -0.2) is 13.2 Å². The van der Waals surface area contributed by atoms with E-state index in [1.54, 1.807) is 26.0 Å². The van der Waals surface area contributed by atoms with E-state index in [-0.39, 0.29) is 30.6 Å². The fraction of sp³-hybridized carbons (Fsp3) is 0.625. The van der Waals surface area contributed by atoms with Crippen molar-refractivity contribution in [2.24, 2.45) is 5.92 Å². The molecule has 1 atom stereocenters. The normalized spacial score (nSPS) is 15.3. The number of alkyl halides is 2. The molecule has 0 fully saturated rings. The van der Waals surface area contributed by atoms with Gasteiger partial charge in [-0.1, -0.05) is 52.0 Å². The standard InChI is InChI=1S/C16H25F2O3P/c1-6-20-22(19,21-11-12(2)3)16(17,18)15-9-7-14(8-10-15)13(4)5/h7-10,12-13H,6,11H2,1-5H3. The molecule has 0 bridgehead atoms. The van der Waals surface area contributed by atoms with Crippen LogP contribution in [0.5, 0.6) is 0 Å². The second-order valence-electron chi connectivity index (χ2n) is 5.92. The second-order valence-corrected chi connectivity index (χ2v) is 8.00. The Bertz CT molecular complexity index is 513. The summed E-state index contributed by atoms with van der Waals surface area (Å²) in [5, 5.41) is 0. The molecule has 1 rings (SSSR count). The molecule has 1 aromatic carbocycles. The Kier molecular flexibility index (Phi) is 6.72. The average molecular weight is 334 g/mol. The van der Waals surface area contributed by atoms with Gasteiger partial charge in [-0.15, -0.1) is 0 Å². The molecule has 0 N–H and O–H groups in total. The first-order chi connectivity index (χ1) is 10.1. The lowest BCUT2D eigenvalue weighted by Crippen LogP contribution is -2.19. The Hall–Kier alpha value is -0.770. The summed E-state index contributed by atoms with van der Waals surface area (Å²) in [7, 11) is -4.57. The zero-order valence-corrected chi connectivity index (χ0v) is 14.7. The summed E-state index contributed by atoms with van der Waals surface area (Å²) < 4.78 is 51.8. The highest BCUT2D eigenvalue weighted by Crippen LogP contribution is 2.66. The molecule has 22 heavy (non-hydrogen) atoms. The van der Waals surface area contributed by atoms with Crippen LogP contribution in [-0.2, 0) is 19.3 Å². The van der Waals surface area contributed by atoms with Crippen molar-refractivity contribution in [1.82, 2.24) is 0 Å². The minimum atomic E-state index is -4.57. The Balaban J connectivity index is 3.12. The first kappa shape index (κ1) is 19.3. The quantitative estimate of drug-likeness (QED) is 0.567. The summed E-state index contributed by atoms with van der Waals surface area (Å²) in [6.45, 7) is 8.92. The van der Waals surface area contributed by atoms with Crippen molar-refractivity contribution in [2.45, 2.75) is 46.2 Å². The van der Waals surface area contributed by atoms with Crippen LogP contribution in [0.15, 0.2) is 24.3 Å². The van der Waals surface area contributed by atoms with Crippen molar-refractivity contribution in [3.8, 4) is 0 Å². The lowest BCUT2D eigenvalue weighted by Gasteiger charge is -2.27. The van der Waals surface area contributed by atoms with Crippen LogP contribution in [0.25, 0.3) is 0 Å². The molecule has 0 saturated carbocycles. The van der Waals surface area contributed by atoms with E-state index in [1.807, 2.05) is 13.8 Å². The van der Waals surface area contributed by atoms with E-state index < -0.39 is 13.3 Å². The van der Waals surface area contributed by atoms with Crippen LogP contribution in [0.4, 0.5) is 8.78 Å². The summed E-state index contributed by atoms with van der Waals surface area (Å²) in [6.07, 6.45) is 0. The number of hydrogen-bond donors (Lipinski definition) is 0. The third kappa shape index (κ3) is 4.37. The third-order valence-electron chi connectivity index (χ3n) is 3.15. The number of hydrogen-bond acceptors (Lipinski definition) is 3. The number of benzene rings is 1. The minimum Gasteiger partial charge on any atom is -0.304 e. The van der Waals surface area contributed by atoms with E-state index >= 15 is 0 Å². The fourth-order valence-electron chi connectivity index (χ4n) is 1.84. The first-order valence-corrected chi connectivity index (χ1v) is 9.05. The van der Waals surface area contributed by atoms with E-state index in [0.717, 1.165) is 5.56 Å². The molecule has 0 aliphatic heterocycles. The van der Waals surface area contributed by atoms with Crippen molar-refractivity contribution >= 4 is 7.60 Å². The van der Waals surface area contributed by atoms with Gasteiger partial charge < -0.3 is 9.05 Å². The van der Waals surface area contributed by atoms with Crippen molar-refractivity contribution in [3.05, 3.63) is 35.4 Å². The molecular formula is C16H25F2O3P. The van der Waals surface area contributed by atoms with Gasteiger partial charge in [0.05, 0.1) is 13.2 Å². The van der Waals surface area contributed by atoms with Crippen molar-refractivity contribution in [2.75, 3.05) is 13.2 Å². The summed E-state index contributed by atoms with van der Waals surface area (Å²) in [4.78, 5) is 0. The van der Waals surface area contributed by atoms with Crippen LogP contribution in [0, 0.1) is 5.92 Å². The summed E-state index contributed by atoms with van der Waals surface area (Å²) in [5.41, 5.74) is -3.08. The Morgan fingerprint density at radius 3 is 2.05 bits per heavy atom. The van der Waals surface area contributed by atoms with E-state index in [0.29, 0.717) is 0 Å². The van der Waals surface area contributed by atoms with Gasteiger partial charge in [-0.2, -0.15) is 8.78 Å². The van der Waals surface area contributed by atoms with Crippen molar-refractivity contribution in [1.29, 1.82) is 0 Å². The highest BCUT2D eigenvalue weighted by molar-refractivity contribution is 7.54. The lowest BCUT2D eigenvalue weighted by molar-refractivity contribution is 0.0320. The van der Waals surface area contributed by atoms with E-state index in [2.05, 4.69) is 0 Å². The zero-order chi connectivity index (χ0) is 17.0. The molecular weight excluding hydrogens is 309 g/mol. The molecule has 0 aromatic heterocycles. The highest BCUT2D eigenvalue weighted by Gasteiger charge is 2.54. The van der Waals surface area contributed by atoms with Gasteiger partial charge >= 0.3 is 13.3 Å². The Morgan fingerprint density at radius 2 is 1.64 bits per heavy atom. The van der Waals surface area contributed by atoms with Crippen LogP contribution in [0.1, 0.15) is 51.7 Å². The van der Waals surface area contributed by atoms with Gasteiger partial charge in [0.2, 0.25) is 0 Å². The molecule has 6 heteroatoms. The van der Waals surface area contributed by atoms with Gasteiger partial charge in [-0.25, -0.2) is 0 Å². The number of rotatable bonds is 8. The van der Waals surface area contributed by atoms with Crippen LogP contribution in [0.3, 0.4) is 0 Å². The molecule has 0 aliphatic rings. The van der Waals surface area contributed by atoms with Gasteiger partial charge in [0.1, 0.15) is 0 Å². The maximum absolute atomic E-state index is 14.7. The molecule has 0 radical (unpaired) electrons. The fourth-order valence-corrected chi connectivity index (χ4v) is 3.54. The maximum Gasteiger partial charge on any atom is 0.404 e. The predicted octanol–water partition coefficient (Wildman–Crippen LogP) is 5.76. The Labute approximate surface area is 131 Å². The molecule has 1 unspecified atom stereocenters. The van der Waals surface area contributed by atoms with Gasteiger partial charge in [-0.3, -0.25) is 4.57 Å². The molecule has 126 valence electrons.